The van der Waals surface area contributed by atoms with Crippen LogP contribution >= 0.6 is 11.6 Å². The van der Waals surface area contributed by atoms with Crippen LogP contribution in [-0.2, 0) is 4.79 Å². The maximum Gasteiger partial charge on any atom is 0.242 e. The maximum absolute atomic E-state index is 12.3. The predicted octanol–water partition coefficient (Wildman–Crippen LogP) is 4.03. The molecule has 0 aliphatic heterocycles. The molecule has 1 aliphatic carbocycles. The van der Waals surface area contributed by atoms with Gasteiger partial charge in [-0.05, 0) is 43.4 Å². The second-order valence-electron chi connectivity index (χ2n) is 5.51. The minimum atomic E-state index is -0.580. The molecule has 1 atom stereocenters. The first-order valence-electron chi connectivity index (χ1n) is 7.10. The van der Waals surface area contributed by atoms with Crippen molar-refractivity contribution in [2.75, 3.05) is 0 Å². The number of hydrogen-bond acceptors (Lipinski definition) is 1. The number of hydrogen-bond donors (Lipinski definition) is 1. The quantitative estimate of drug-likeness (QED) is 0.832. The molecule has 2 rings (SSSR count). The lowest BCUT2D eigenvalue weighted by Gasteiger charge is -2.24. The van der Waals surface area contributed by atoms with Crippen LogP contribution in [0.5, 0.6) is 0 Å². The van der Waals surface area contributed by atoms with Crippen LogP contribution in [0.1, 0.15) is 54.2 Å². The summed E-state index contributed by atoms with van der Waals surface area (Å²) < 4.78 is 0. The number of aryl methyl sites for hydroxylation is 2. The Hall–Kier alpha value is -1.02. The van der Waals surface area contributed by atoms with Gasteiger partial charge in [0.15, 0.2) is 0 Å². The van der Waals surface area contributed by atoms with Crippen LogP contribution in [0.4, 0.5) is 0 Å². The number of carbonyl (C=O) groups excluding carboxylic acids is 1. The van der Waals surface area contributed by atoms with Gasteiger partial charge in [-0.3, -0.25) is 4.79 Å². The van der Waals surface area contributed by atoms with Crippen molar-refractivity contribution in [1.29, 1.82) is 0 Å². The summed E-state index contributed by atoms with van der Waals surface area (Å²) in [5.74, 6) is -0.0500. The van der Waals surface area contributed by atoms with Crippen LogP contribution in [0, 0.1) is 13.8 Å². The summed E-state index contributed by atoms with van der Waals surface area (Å²) in [6.45, 7) is 4.01. The highest BCUT2D eigenvalue weighted by atomic mass is 35.5. The zero-order chi connectivity index (χ0) is 13.8. The molecule has 1 amide bonds. The van der Waals surface area contributed by atoms with E-state index in [1.807, 2.05) is 32.0 Å². The van der Waals surface area contributed by atoms with Gasteiger partial charge < -0.3 is 5.32 Å². The van der Waals surface area contributed by atoms with E-state index in [0.29, 0.717) is 6.04 Å². The highest BCUT2D eigenvalue weighted by Gasteiger charge is 2.24. The van der Waals surface area contributed by atoms with E-state index in [-0.39, 0.29) is 5.91 Å². The fourth-order valence-corrected chi connectivity index (χ4v) is 3.29. The normalized spacial score (nSPS) is 18.1. The van der Waals surface area contributed by atoms with E-state index < -0.39 is 5.38 Å². The van der Waals surface area contributed by atoms with Crippen molar-refractivity contribution in [2.45, 2.75) is 57.4 Å². The van der Waals surface area contributed by atoms with Gasteiger partial charge in [0, 0.05) is 6.04 Å². The number of amides is 1. The summed E-state index contributed by atoms with van der Waals surface area (Å²) in [6, 6.07) is 6.32. The molecule has 0 radical (unpaired) electrons. The minimum absolute atomic E-state index is 0.0500. The van der Waals surface area contributed by atoms with E-state index in [9.17, 15) is 4.79 Å². The van der Waals surface area contributed by atoms with Crippen molar-refractivity contribution < 1.29 is 4.79 Å². The molecule has 1 unspecified atom stereocenters. The molecular formula is C16H22ClNO. The van der Waals surface area contributed by atoms with Gasteiger partial charge >= 0.3 is 0 Å². The van der Waals surface area contributed by atoms with Gasteiger partial charge in [-0.2, -0.15) is 0 Å². The molecule has 0 bridgehead atoms. The average molecular weight is 280 g/mol. The van der Waals surface area contributed by atoms with E-state index in [1.165, 1.54) is 19.3 Å². The molecule has 1 aromatic carbocycles. The van der Waals surface area contributed by atoms with Crippen LogP contribution in [0.3, 0.4) is 0 Å². The van der Waals surface area contributed by atoms with Crippen LogP contribution in [0.25, 0.3) is 0 Å². The number of benzene rings is 1. The molecule has 104 valence electrons. The zero-order valence-electron chi connectivity index (χ0n) is 11.7. The lowest BCUT2D eigenvalue weighted by molar-refractivity contribution is -0.121. The number of halogens is 1. The maximum atomic E-state index is 12.3. The second-order valence-corrected chi connectivity index (χ2v) is 5.95. The molecule has 0 saturated heterocycles. The summed E-state index contributed by atoms with van der Waals surface area (Å²) in [7, 11) is 0. The Kier molecular flexibility index (Phi) is 4.87. The molecule has 0 spiro atoms. The van der Waals surface area contributed by atoms with E-state index >= 15 is 0 Å². The van der Waals surface area contributed by atoms with Crippen LogP contribution in [-0.4, -0.2) is 11.9 Å². The molecule has 0 heterocycles. The summed E-state index contributed by atoms with van der Waals surface area (Å²) in [4.78, 5) is 12.3. The van der Waals surface area contributed by atoms with Crippen molar-refractivity contribution in [3.63, 3.8) is 0 Å². The van der Waals surface area contributed by atoms with Gasteiger partial charge in [-0.15, -0.1) is 11.6 Å². The number of nitrogens with one attached hydrogen (secondary N) is 1. The molecule has 1 aliphatic rings. The molecule has 0 aromatic heterocycles. The van der Waals surface area contributed by atoms with Gasteiger partial charge in [0.2, 0.25) is 5.91 Å². The fraction of sp³-hybridized carbons (Fsp3) is 0.562. The third-order valence-electron chi connectivity index (χ3n) is 3.98. The first-order valence-corrected chi connectivity index (χ1v) is 7.54. The van der Waals surface area contributed by atoms with Crippen molar-refractivity contribution in [2.24, 2.45) is 0 Å². The first-order chi connectivity index (χ1) is 9.09. The third kappa shape index (κ3) is 3.50. The van der Waals surface area contributed by atoms with Gasteiger partial charge in [-0.25, -0.2) is 0 Å². The Morgan fingerprint density at radius 1 is 1.21 bits per heavy atom. The minimum Gasteiger partial charge on any atom is -0.352 e. The summed E-state index contributed by atoms with van der Waals surface area (Å²) in [5, 5.41) is 2.52. The Morgan fingerprint density at radius 2 is 1.79 bits per heavy atom. The summed E-state index contributed by atoms with van der Waals surface area (Å²) >= 11 is 6.37. The molecule has 1 N–H and O–H groups in total. The number of carbonyl (C=O) groups is 1. The molecule has 3 heteroatoms. The summed E-state index contributed by atoms with van der Waals surface area (Å²) in [6.07, 6.45) is 5.88. The molecule has 19 heavy (non-hydrogen) atoms. The lowest BCUT2D eigenvalue weighted by atomic mass is 9.94. The SMILES string of the molecule is Cc1cccc(C)c1C(Cl)C(=O)NC1CCCCC1. The highest BCUT2D eigenvalue weighted by molar-refractivity contribution is 6.31. The molecule has 2 nitrogen and oxygen atoms in total. The van der Waals surface area contributed by atoms with Crippen molar-refractivity contribution >= 4 is 17.5 Å². The Balaban J connectivity index is 2.06. The van der Waals surface area contributed by atoms with E-state index in [4.69, 9.17) is 11.6 Å². The van der Waals surface area contributed by atoms with Crippen LogP contribution < -0.4 is 5.32 Å². The third-order valence-corrected chi connectivity index (χ3v) is 4.39. The van der Waals surface area contributed by atoms with Crippen LogP contribution in [0.15, 0.2) is 18.2 Å². The predicted molar refractivity (Wildman–Crippen MR) is 79.5 cm³/mol. The van der Waals surface area contributed by atoms with Crippen molar-refractivity contribution in [3.8, 4) is 0 Å². The highest BCUT2D eigenvalue weighted by Crippen LogP contribution is 2.28. The Labute approximate surface area is 120 Å². The molecular weight excluding hydrogens is 258 g/mol. The van der Waals surface area contributed by atoms with Gasteiger partial charge in [-0.1, -0.05) is 37.5 Å². The second kappa shape index (κ2) is 6.42. The largest absolute Gasteiger partial charge is 0.352 e. The number of alkyl halides is 1. The first kappa shape index (κ1) is 14.4. The topological polar surface area (TPSA) is 29.1 Å². The van der Waals surface area contributed by atoms with E-state index in [2.05, 4.69) is 5.32 Å². The van der Waals surface area contributed by atoms with Crippen molar-refractivity contribution in [3.05, 3.63) is 34.9 Å². The van der Waals surface area contributed by atoms with E-state index in [1.54, 1.807) is 0 Å². The molecule has 1 aromatic rings. The molecule has 1 fully saturated rings. The monoisotopic (exact) mass is 279 g/mol. The van der Waals surface area contributed by atoms with Gasteiger partial charge in [0.25, 0.3) is 0 Å². The van der Waals surface area contributed by atoms with Gasteiger partial charge in [0.05, 0.1) is 0 Å². The van der Waals surface area contributed by atoms with Crippen molar-refractivity contribution in [1.82, 2.24) is 5.32 Å². The van der Waals surface area contributed by atoms with E-state index in [0.717, 1.165) is 29.5 Å². The Bertz CT molecular complexity index is 432. The Morgan fingerprint density at radius 3 is 2.37 bits per heavy atom. The molecule has 1 saturated carbocycles. The standard InChI is InChI=1S/C16H22ClNO/c1-11-7-6-8-12(2)14(11)15(17)16(19)18-13-9-4-3-5-10-13/h6-8,13,15H,3-5,9-10H2,1-2H3,(H,18,19). The fourth-order valence-electron chi connectivity index (χ4n) is 2.88. The summed E-state index contributed by atoms with van der Waals surface area (Å²) in [5.41, 5.74) is 3.12. The number of rotatable bonds is 3. The van der Waals surface area contributed by atoms with Gasteiger partial charge in [0.1, 0.15) is 5.38 Å². The lowest BCUT2D eigenvalue weighted by Crippen LogP contribution is -2.38. The average Bonchev–Trinajstić information content (AvgIpc) is 2.39. The van der Waals surface area contributed by atoms with Crippen LogP contribution in [0.2, 0.25) is 0 Å². The smallest absolute Gasteiger partial charge is 0.242 e. The zero-order valence-corrected chi connectivity index (χ0v) is 12.5.